The number of nitrogens with one attached hydrogen (secondary N) is 2. The lowest BCUT2D eigenvalue weighted by molar-refractivity contribution is 0.0952. The molecule has 2 rings (SSSR count). The summed E-state index contributed by atoms with van der Waals surface area (Å²) in [7, 11) is 0. The number of unbranched alkanes of at least 4 members (excludes halogenated alkanes) is 1. The average Bonchev–Trinajstić information content (AvgIpc) is 2.57. The van der Waals surface area contributed by atoms with Crippen LogP contribution in [0.5, 0.6) is 0 Å². The third kappa shape index (κ3) is 5.65. The Kier molecular flexibility index (Phi) is 7.28. The fourth-order valence-corrected chi connectivity index (χ4v) is 2.55. The number of nitrogens with zero attached hydrogens (tertiary/aromatic N) is 2. The van der Waals surface area contributed by atoms with Gasteiger partial charge in [0.1, 0.15) is 0 Å². The number of aromatic nitrogens is 2. The summed E-state index contributed by atoms with van der Waals surface area (Å²) in [6.07, 6.45) is 5.76. The standard InChI is InChI=1S/C17H20Cl2N4O/c1-2-3-7-20-16(24)13-10-22-17(23-11-13)21-8-6-12-4-5-14(18)9-15(12)19/h4-5,9-11H,2-3,6-8H2,1H3,(H,20,24)(H,21,22,23). The molecule has 0 saturated heterocycles. The van der Waals surface area contributed by atoms with E-state index in [2.05, 4.69) is 27.5 Å². The van der Waals surface area contributed by atoms with Gasteiger partial charge in [0.25, 0.3) is 5.91 Å². The molecule has 1 aromatic carbocycles. The number of anilines is 1. The van der Waals surface area contributed by atoms with Gasteiger partial charge in [-0.3, -0.25) is 4.79 Å². The smallest absolute Gasteiger partial charge is 0.254 e. The molecule has 0 aliphatic rings. The van der Waals surface area contributed by atoms with Crippen LogP contribution in [0.2, 0.25) is 10.0 Å². The topological polar surface area (TPSA) is 66.9 Å². The Morgan fingerprint density at radius 2 is 1.92 bits per heavy atom. The van der Waals surface area contributed by atoms with Crippen molar-refractivity contribution in [1.29, 1.82) is 0 Å². The summed E-state index contributed by atoms with van der Waals surface area (Å²) >= 11 is 12.0. The highest BCUT2D eigenvalue weighted by Crippen LogP contribution is 2.21. The van der Waals surface area contributed by atoms with Gasteiger partial charge in [0, 0.05) is 35.5 Å². The molecule has 0 aliphatic heterocycles. The van der Waals surface area contributed by atoms with E-state index in [-0.39, 0.29) is 5.91 Å². The van der Waals surface area contributed by atoms with Crippen molar-refractivity contribution in [3.05, 3.63) is 51.8 Å². The lowest BCUT2D eigenvalue weighted by atomic mass is 10.1. The zero-order valence-electron chi connectivity index (χ0n) is 13.5. The molecule has 0 saturated carbocycles. The monoisotopic (exact) mass is 366 g/mol. The molecule has 0 aliphatic carbocycles. The fourth-order valence-electron chi connectivity index (χ4n) is 2.05. The van der Waals surface area contributed by atoms with Crippen LogP contribution in [-0.2, 0) is 6.42 Å². The van der Waals surface area contributed by atoms with Crippen molar-refractivity contribution in [3.63, 3.8) is 0 Å². The van der Waals surface area contributed by atoms with Crippen LogP contribution in [0.15, 0.2) is 30.6 Å². The number of rotatable bonds is 8. The van der Waals surface area contributed by atoms with Gasteiger partial charge in [-0.05, 0) is 30.5 Å². The molecule has 1 aromatic heterocycles. The van der Waals surface area contributed by atoms with Crippen LogP contribution in [0.4, 0.5) is 5.95 Å². The van der Waals surface area contributed by atoms with E-state index in [4.69, 9.17) is 23.2 Å². The van der Waals surface area contributed by atoms with Gasteiger partial charge in [0.15, 0.2) is 0 Å². The number of carbonyl (C=O) groups excluding carboxylic acids is 1. The number of hydrogen-bond donors (Lipinski definition) is 2. The van der Waals surface area contributed by atoms with Gasteiger partial charge in [-0.1, -0.05) is 42.6 Å². The van der Waals surface area contributed by atoms with Gasteiger partial charge in [0.2, 0.25) is 5.95 Å². The Balaban J connectivity index is 1.82. The summed E-state index contributed by atoms with van der Waals surface area (Å²) in [6, 6.07) is 5.43. The summed E-state index contributed by atoms with van der Waals surface area (Å²) in [5.74, 6) is 0.327. The number of hydrogen-bond acceptors (Lipinski definition) is 4. The van der Waals surface area contributed by atoms with Crippen molar-refractivity contribution in [2.45, 2.75) is 26.2 Å². The number of benzene rings is 1. The minimum atomic E-state index is -0.150. The zero-order valence-corrected chi connectivity index (χ0v) is 15.0. The van der Waals surface area contributed by atoms with Crippen LogP contribution >= 0.6 is 23.2 Å². The van der Waals surface area contributed by atoms with Crippen LogP contribution in [0, 0.1) is 0 Å². The van der Waals surface area contributed by atoms with Crippen LogP contribution in [-0.4, -0.2) is 29.0 Å². The van der Waals surface area contributed by atoms with E-state index >= 15 is 0 Å². The molecular formula is C17H20Cl2N4O. The molecule has 0 radical (unpaired) electrons. The van der Waals surface area contributed by atoms with Gasteiger partial charge >= 0.3 is 0 Å². The van der Waals surface area contributed by atoms with Crippen molar-refractivity contribution in [3.8, 4) is 0 Å². The molecule has 0 unspecified atom stereocenters. The summed E-state index contributed by atoms with van der Waals surface area (Å²) < 4.78 is 0. The summed E-state index contributed by atoms with van der Waals surface area (Å²) in [5, 5.41) is 7.20. The van der Waals surface area contributed by atoms with Gasteiger partial charge < -0.3 is 10.6 Å². The summed E-state index contributed by atoms with van der Waals surface area (Å²) in [6.45, 7) is 3.37. The van der Waals surface area contributed by atoms with Crippen molar-refractivity contribution in [2.24, 2.45) is 0 Å². The maximum atomic E-state index is 11.9. The van der Waals surface area contributed by atoms with E-state index in [1.165, 1.54) is 12.4 Å². The molecule has 24 heavy (non-hydrogen) atoms. The highest BCUT2D eigenvalue weighted by Gasteiger charge is 2.06. The number of halogens is 2. The molecule has 0 fully saturated rings. The lowest BCUT2D eigenvalue weighted by Crippen LogP contribution is -2.24. The second kappa shape index (κ2) is 9.45. The van der Waals surface area contributed by atoms with Crippen molar-refractivity contribution < 1.29 is 4.79 Å². The van der Waals surface area contributed by atoms with E-state index in [1.807, 2.05) is 12.1 Å². The predicted molar refractivity (Wildman–Crippen MR) is 97.9 cm³/mol. The molecular weight excluding hydrogens is 347 g/mol. The second-order valence-electron chi connectivity index (χ2n) is 5.32. The summed E-state index contributed by atoms with van der Waals surface area (Å²) in [5.41, 5.74) is 1.46. The molecule has 2 N–H and O–H groups in total. The molecule has 7 heteroatoms. The maximum Gasteiger partial charge on any atom is 0.254 e. The molecule has 1 heterocycles. The Morgan fingerprint density at radius 3 is 2.58 bits per heavy atom. The van der Waals surface area contributed by atoms with Crippen LogP contribution in [0.3, 0.4) is 0 Å². The maximum absolute atomic E-state index is 11.9. The Labute approximate surface area is 151 Å². The average molecular weight is 367 g/mol. The van der Waals surface area contributed by atoms with E-state index in [0.29, 0.717) is 34.6 Å². The first-order valence-corrected chi connectivity index (χ1v) is 8.63. The van der Waals surface area contributed by atoms with E-state index < -0.39 is 0 Å². The highest BCUT2D eigenvalue weighted by atomic mass is 35.5. The Hall–Kier alpha value is -1.85. The molecule has 0 bridgehead atoms. The Morgan fingerprint density at radius 1 is 1.17 bits per heavy atom. The lowest BCUT2D eigenvalue weighted by Gasteiger charge is -2.07. The molecule has 0 atom stereocenters. The highest BCUT2D eigenvalue weighted by molar-refractivity contribution is 6.35. The van der Waals surface area contributed by atoms with E-state index in [1.54, 1.807) is 6.07 Å². The van der Waals surface area contributed by atoms with Crippen molar-refractivity contribution in [1.82, 2.24) is 15.3 Å². The normalized spacial score (nSPS) is 10.5. The summed E-state index contributed by atoms with van der Waals surface area (Å²) in [4.78, 5) is 20.2. The molecule has 128 valence electrons. The van der Waals surface area contributed by atoms with Crippen LogP contribution in [0.1, 0.15) is 35.7 Å². The van der Waals surface area contributed by atoms with Gasteiger partial charge in [-0.15, -0.1) is 0 Å². The van der Waals surface area contributed by atoms with E-state index in [9.17, 15) is 4.79 Å². The quantitative estimate of drug-likeness (QED) is 0.693. The van der Waals surface area contributed by atoms with Crippen LogP contribution < -0.4 is 10.6 Å². The fraction of sp³-hybridized carbons (Fsp3) is 0.353. The van der Waals surface area contributed by atoms with Gasteiger partial charge in [0.05, 0.1) is 5.56 Å². The second-order valence-corrected chi connectivity index (χ2v) is 6.16. The number of amides is 1. The molecule has 5 nitrogen and oxygen atoms in total. The zero-order chi connectivity index (χ0) is 17.4. The molecule has 1 amide bonds. The third-order valence-corrected chi connectivity index (χ3v) is 4.01. The minimum absolute atomic E-state index is 0.150. The minimum Gasteiger partial charge on any atom is -0.354 e. The third-order valence-electron chi connectivity index (χ3n) is 3.42. The van der Waals surface area contributed by atoms with Crippen molar-refractivity contribution >= 4 is 35.1 Å². The van der Waals surface area contributed by atoms with E-state index in [0.717, 1.165) is 24.8 Å². The SMILES string of the molecule is CCCCNC(=O)c1cnc(NCCc2ccc(Cl)cc2Cl)nc1. The predicted octanol–water partition coefficient (Wildman–Crippen LogP) is 3.97. The Bertz CT molecular complexity index is 677. The van der Waals surface area contributed by atoms with Gasteiger partial charge in [-0.2, -0.15) is 0 Å². The molecule has 0 spiro atoms. The van der Waals surface area contributed by atoms with Crippen molar-refractivity contribution in [2.75, 3.05) is 18.4 Å². The first kappa shape index (κ1) is 18.5. The number of carbonyl (C=O) groups is 1. The molecule has 2 aromatic rings. The first-order valence-electron chi connectivity index (χ1n) is 7.88. The largest absolute Gasteiger partial charge is 0.354 e. The van der Waals surface area contributed by atoms with Crippen LogP contribution in [0.25, 0.3) is 0 Å². The first-order chi connectivity index (χ1) is 11.6. The van der Waals surface area contributed by atoms with Gasteiger partial charge in [-0.25, -0.2) is 9.97 Å².